The number of pyridine rings is 1. The summed E-state index contributed by atoms with van der Waals surface area (Å²) in [6.45, 7) is 6.04. The van der Waals surface area contributed by atoms with Crippen molar-refractivity contribution in [2.24, 2.45) is 13.0 Å². The first-order chi connectivity index (χ1) is 9.99. The second-order valence-electron chi connectivity index (χ2n) is 5.55. The third-order valence-electron chi connectivity index (χ3n) is 3.41. The molecule has 0 aliphatic rings. The van der Waals surface area contributed by atoms with Gasteiger partial charge < -0.3 is 4.74 Å². The molecule has 0 spiro atoms. The Morgan fingerprint density at radius 3 is 2.67 bits per heavy atom. The molecule has 5 nitrogen and oxygen atoms in total. The van der Waals surface area contributed by atoms with Crippen LogP contribution in [0.1, 0.15) is 48.1 Å². The van der Waals surface area contributed by atoms with E-state index in [-0.39, 0.29) is 12.1 Å². The van der Waals surface area contributed by atoms with Gasteiger partial charge >= 0.3 is 5.97 Å². The van der Waals surface area contributed by atoms with Crippen molar-refractivity contribution < 1.29 is 9.53 Å². The summed E-state index contributed by atoms with van der Waals surface area (Å²) in [4.78, 5) is 16.6. The van der Waals surface area contributed by atoms with Gasteiger partial charge in [-0.15, -0.1) is 0 Å². The summed E-state index contributed by atoms with van der Waals surface area (Å²) >= 11 is 0. The molecule has 0 bridgehead atoms. The monoisotopic (exact) mass is 287 g/mol. The van der Waals surface area contributed by atoms with E-state index < -0.39 is 0 Å². The van der Waals surface area contributed by atoms with Crippen LogP contribution in [0.4, 0.5) is 0 Å². The molecule has 2 rings (SSSR count). The zero-order valence-electron chi connectivity index (χ0n) is 12.9. The predicted octanol–water partition coefficient (Wildman–Crippen LogP) is 3.07. The van der Waals surface area contributed by atoms with E-state index in [1.807, 2.05) is 25.1 Å². The van der Waals surface area contributed by atoms with Gasteiger partial charge in [0.1, 0.15) is 11.7 Å². The van der Waals surface area contributed by atoms with Gasteiger partial charge in [0.05, 0.1) is 11.9 Å². The number of carbonyl (C=O) groups excluding carboxylic acids is 1. The van der Waals surface area contributed by atoms with Gasteiger partial charge in [0.2, 0.25) is 0 Å². The molecule has 2 aromatic heterocycles. The Balaban J connectivity index is 2.19. The van der Waals surface area contributed by atoms with Gasteiger partial charge in [0.25, 0.3) is 0 Å². The number of esters is 1. The SMILES string of the molecule is Cc1c(C(=O)OC(CC(C)C)c2ccccn2)cnn1C. The molecule has 0 aliphatic carbocycles. The standard InChI is InChI=1S/C16H21N3O2/c1-11(2)9-15(14-7-5-6-8-17-14)21-16(20)13-10-18-19(4)12(13)3/h5-8,10-11,15H,9H2,1-4H3. The fourth-order valence-corrected chi connectivity index (χ4v) is 2.12. The molecular formula is C16H21N3O2. The normalized spacial score (nSPS) is 12.4. The van der Waals surface area contributed by atoms with Gasteiger partial charge in [-0.3, -0.25) is 9.67 Å². The van der Waals surface area contributed by atoms with Crippen LogP contribution in [0.5, 0.6) is 0 Å². The summed E-state index contributed by atoms with van der Waals surface area (Å²) in [5.41, 5.74) is 2.08. The van der Waals surface area contributed by atoms with Crippen LogP contribution in [0.15, 0.2) is 30.6 Å². The molecule has 0 saturated carbocycles. The minimum absolute atomic E-state index is 0.335. The maximum atomic E-state index is 12.3. The summed E-state index contributed by atoms with van der Waals surface area (Å²) in [6.07, 6.45) is 3.66. The molecule has 2 aromatic rings. The molecule has 5 heteroatoms. The van der Waals surface area contributed by atoms with Crippen LogP contribution >= 0.6 is 0 Å². The number of hydrogen-bond acceptors (Lipinski definition) is 4. The van der Waals surface area contributed by atoms with E-state index in [0.717, 1.165) is 17.8 Å². The molecule has 1 atom stereocenters. The lowest BCUT2D eigenvalue weighted by molar-refractivity contribution is 0.0236. The average molecular weight is 287 g/mol. The second kappa shape index (κ2) is 6.52. The zero-order valence-corrected chi connectivity index (χ0v) is 12.9. The molecule has 0 aromatic carbocycles. The van der Waals surface area contributed by atoms with Crippen LogP contribution in [0, 0.1) is 12.8 Å². The van der Waals surface area contributed by atoms with Gasteiger partial charge in [0.15, 0.2) is 0 Å². The third-order valence-corrected chi connectivity index (χ3v) is 3.41. The third kappa shape index (κ3) is 3.68. The first kappa shape index (κ1) is 15.2. The molecule has 2 heterocycles. The van der Waals surface area contributed by atoms with Crippen LogP contribution in [-0.2, 0) is 11.8 Å². The fraction of sp³-hybridized carbons (Fsp3) is 0.438. The number of carbonyl (C=O) groups is 1. The van der Waals surface area contributed by atoms with E-state index in [9.17, 15) is 4.79 Å². The van der Waals surface area contributed by atoms with Crippen LogP contribution in [0.2, 0.25) is 0 Å². The number of hydrogen-bond donors (Lipinski definition) is 0. The van der Waals surface area contributed by atoms with E-state index in [1.165, 1.54) is 0 Å². The van der Waals surface area contributed by atoms with Crippen LogP contribution < -0.4 is 0 Å². The maximum absolute atomic E-state index is 12.3. The Kier molecular flexibility index (Phi) is 4.73. The van der Waals surface area contributed by atoms with Gasteiger partial charge in [0, 0.05) is 18.9 Å². The smallest absolute Gasteiger partial charge is 0.342 e. The van der Waals surface area contributed by atoms with Crippen molar-refractivity contribution in [1.82, 2.24) is 14.8 Å². The lowest BCUT2D eigenvalue weighted by Gasteiger charge is -2.19. The number of nitrogens with zero attached hydrogens (tertiary/aromatic N) is 3. The zero-order chi connectivity index (χ0) is 15.4. The fourth-order valence-electron chi connectivity index (χ4n) is 2.12. The molecule has 0 saturated heterocycles. The van der Waals surface area contributed by atoms with Gasteiger partial charge in [-0.1, -0.05) is 19.9 Å². The van der Waals surface area contributed by atoms with Gasteiger partial charge in [-0.2, -0.15) is 5.10 Å². The van der Waals surface area contributed by atoms with Crippen LogP contribution in [0.25, 0.3) is 0 Å². The highest BCUT2D eigenvalue weighted by Crippen LogP contribution is 2.25. The first-order valence-corrected chi connectivity index (χ1v) is 7.09. The molecule has 0 fully saturated rings. The molecule has 0 aliphatic heterocycles. The van der Waals surface area contributed by atoms with Crippen molar-refractivity contribution in [1.29, 1.82) is 0 Å². The predicted molar refractivity (Wildman–Crippen MR) is 79.8 cm³/mol. The highest BCUT2D eigenvalue weighted by molar-refractivity contribution is 5.90. The first-order valence-electron chi connectivity index (χ1n) is 7.09. The summed E-state index contributed by atoms with van der Waals surface area (Å²) in [5, 5.41) is 4.08. The second-order valence-corrected chi connectivity index (χ2v) is 5.55. The molecule has 0 amide bonds. The number of ether oxygens (including phenoxy) is 1. The van der Waals surface area contributed by atoms with E-state index in [0.29, 0.717) is 11.5 Å². The van der Waals surface area contributed by atoms with Gasteiger partial charge in [-0.05, 0) is 31.4 Å². The minimum atomic E-state index is -0.350. The van der Waals surface area contributed by atoms with Crippen molar-refractivity contribution >= 4 is 5.97 Å². The Labute approximate surface area is 125 Å². The van der Waals surface area contributed by atoms with Gasteiger partial charge in [-0.25, -0.2) is 4.79 Å². The van der Waals surface area contributed by atoms with E-state index in [1.54, 1.807) is 24.1 Å². The Hall–Kier alpha value is -2.17. The highest BCUT2D eigenvalue weighted by Gasteiger charge is 2.22. The van der Waals surface area contributed by atoms with Crippen molar-refractivity contribution in [2.75, 3.05) is 0 Å². The van der Waals surface area contributed by atoms with E-state index in [4.69, 9.17) is 4.74 Å². The highest BCUT2D eigenvalue weighted by atomic mass is 16.5. The van der Waals surface area contributed by atoms with Crippen molar-refractivity contribution in [3.63, 3.8) is 0 Å². The summed E-state index contributed by atoms with van der Waals surface area (Å²) < 4.78 is 7.33. The van der Waals surface area contributed by atoms with E-state index in [2.05, 4.69) is 23.9 Å². The molecule has 0 radical (unpaired) electrons. The quantitative estimate of drug-likeness (QED) is 0.793. The summed E-state index contributed by atoms with van der Waals surface area (Å²) in [5.74, 6) is 0.0525. The average Bonchev–Trinajstić information content (AvgIpc) is 2.79. The molecule has 112 valence electrons. The number of rotatable bonds is 5. The largest absolute Gasteiger partial charge is 0.452 e. The van der Waals surface area contributed by atoms with Crippen molar-refractivity contribution in [3.05, 3.63) is 47.5 Å². The Morgan fingerprint density at radius 1 is 1.38 bits per heavy atom. The maximum Gasteiger partial charge on any atom is 0.342 e. The van der Waals surface area contributed by atoms with Crippen molar-refractivity contribution in [3.8, 4) is 0 Å². The Morgan fingerprint density at radius 2 is 2.14 bits per heavy atom. The number of aromatic nitrogens is 3. The lowest BCUT2D eigenvalue weighted by atomic mass is 10.0. The topological polar surface area (TPSA) is 57.0 Å². The van der Waals surface area contributed by atoms with Crippen LogP contribution in [0.3, 0.4) is 0 Å². The molecular weight excluding hydrogens is 266 g/mol. The number of aryl methyl sites for hydroxylation is 1. The minimum Gasteiger partial charge on any atom is -0.452 e. The Bertz CT molecular complexity index is 605. The molecule has 21 heavy (non-hydrogen) atoms. The van der Waals surface area contributed by atoms with Crippen LogP contribution in [-0.4, -0.2) is 20.7 Å². The summed E-state index contributed by atoms with van der Waals surface area (Å²) in [6, 6.07) is 5.64. The van der Waals surface area contributed by atoms with Crippen molar-refractivity contribution in [2.45, 2.75) is 33.3 Å². The lowest BCUT2D eigenvalue weighted by Crippen LogP contribution is -2.15. The molecule has 0 N–H and O–H groups in total. The summed E-state index contributed by atoms with van der Waals surface area (Å²) in [7, 11) is 1.80. The molecule has 1 unspecified atom stereocenters. The van der Waals surface area contributed by atoms with E-state index >= 15 is 0 Å².